The Morgan fingerprint density at radius 1 is 1.32 bits per heavy atom. The van der Waals surface area contributed by atoms with Crippen molar-refractivity contribution in [1.82, 2.24) is 4.90 Å². The lowest BCUT2D eigenvalue weighted by molar-refractivity contribution is 0.477. The van der Waals surface area contributed by atoms with E-state index in [1.807, 2.05) is 4.90 Å². The summed E-state index contributed by atoms with van der Waals surface area (Å²) >= 11 is 5.96. The first kappa shape index (κ1) is 13.5. The summed E-state index contributed by atoms with van der Waals surface area (Å²) in [6.07, 6.45) is 8.18. The van der Waals surface area contributed by atoms with Gasteiger partial charge in [-0.2, -0.15) is 0 Å². The Morgan fingerprint density at radius 3 is 2.53 bits per heavy atom. The monoisotopic (exact) mass is 270 g/mol. The molecule has 1 aliphatic heterocycles. The lowest BCUT2D eigenvalue weighted by Gasteiger charge is -2.25. The number of halogens is 1. The zero-order valence-corrected chi connectivity index (χ0v) is 11.6. The molecule has 19 heavy (non-hydrogen) atoms. The minimum absolute atomic E-state index is 0.380. The lowest BCUT2D eigenvalue weighted by atomic mass is 10.1. The van der Waals surface area contributed by atoms with Crippen LogP contribution in [0.1, 0.15) is 18.1 Å². The smallest absolute Gasteiger partial charge is 0.146 e. The summed E-state index contributed by atoms with van der Waals surface area (Å²) in [5.41, 5.74) is 3.68. The van der Waals surface area contributed by atoms with Crippen LogP contribution in [0.2, 0.25) is 0 Å². The van der Waals surface area contributed by atoms with E-state index < -0.39 is 0 Å². The number of rotatable bonds is 3. The Hall–Kier alpha value is -1.98. The number of terminal acetylenes is 1. The molecule has 0 atom stereocenters. The maximum absolute atomic E-state index is 5.96. The van der Waals surface area contributed by atoms with Gasteiger partial charge in [-0.15, -0.1) is 6.42 Å². The van der Waals surface area contributed by atoms with Crippen LogP contribution in [-0.2, 0) is 13.0 Å². The van der Waals surface area contributed by atoms with E-state index in [0.29, 0.717) is 23.1 Å². The highest BCUT2D eigenvalue weighted by Crippen LogP contribution is 2.21. The van der Waals surface area contributed by atoms with E-state index in [2.05, 4.69) is 48.7 Å². The van der Waals surface area contributed by atoms with Gasteiger partial charge in [-0.3, -0.25) is 0 Å². The highest BCUT2D eigenvalue weighted by Gasteiger charge is 2.16. The Balaban J connectivity index is 2.17. The molecule has 0 amide bonds. The van der Waals surface area contributed by atoms with Crippen LogP contribution in [0.15, 0.2) is 52.9 Å². The van der Waals surface area contributed by atoms with Crippen LogP contribution in [-0.4, -0.2) is 10.6 Å². The number of hydrogen-bond acceptors (Lipinski definition) is 2. The van der Waals surface area contributed by atoms with E-state index >= 15 is 0 Å². The normalized spacial score (nSPS) is 14.8. The molecule has 3 heteroatoms. The first-order valence-corrected chi connectivity index (χ1v) is 6.48. The van der Waals surface area contributed by atoms with E-state index in [1.165, 1.54) is 11.1 Å². The van der Waals surface area contributed by atoms with Gasteiger partial charge in [-0.05, 0) is 23.5 Å². The number of nitrogens with zero attached hydrogens (tertiary/aromatic N) is 2. The largest absolute Gasteiger partial charge is 0.339 e. The highest BCUT2D eigenvalue weighted by molar-refractivity contribution is 6.31. The van der Waals surface area contributed by atoms with Crippen molar-refractivity contribution in [2.45, 2.75) is 19.9 Å². The van der Waals surface area contributed by atoms with Crippen molar-refractivity contribution in [3.63, 3.8) is 0 Å². The predicted molar refractivity (Wildman–Crippen MR) is 80.7 cm³/mol. The molecule has 1 aromatic rings. The molecule has 0 bridgehead atoms. The Kier molecular flexibility index (Phi) is 4.09. The molecule has 0 saturated heterocycles. The second kappa shape index (κ2) is 5.77. The summed E-state index contributed by atoms with van der Waals surface area (Å²) in [7, 11) is 0. The summed E-state index contributed by atoms with van der Waals surface area (Å²) in [4.78, 5) is 5.99. The van der Waals surface area contributed by atoms with Gasteiger partial charge in [-0.25, -0.2) is 4.99 Å². The molecule has 2 rings (SSSR count). The number of aliphatic imine (C=N–C) groups is 1. The fraction of sp³-hybridized carbons (Fsp3) is 0.188. The van der Waals surface area contributed by atoms with Crippen LogP contribution in [0.5, 0.6) is 0 Å². The van der Waals surface area contributed by atoms with Crippen LogP contribution >= 0.6 is 11.6 Å². The topological polar surface area (TPSA) is 15.6 Å². The SMILES string of the molecule is C#CC1=NC(Cl)=CN(Cc2ccc(CC)cc2)C1=C. The summed E-state index contributed by atoms with van der Waals surface area (Å²) in [5.74, 6) is 2.50. The van der Waals surface area contributed by atoms with Gasteiger partial charge < -0.3 is 4.90 Å². The van der Waals surface area contributed by atoms with E-state index in [0.717, 1.165) is 6.42 Å². The number of allylic oxidation sites excluding steroid dienone is 1. The highest BCUT2D eigenvalue weighted by atomic mass is 35.5. The average molecular weight is 271 g/mol. The molecule has 0 N–H and O–H groups in total. The first-order chi connectivity index (χ1) is 9.13. The second-order valence-electron chi connectivity index (χ2n) is 4.30. The molecule has 0 radical (unpaired) electrons. The van der Waals surface area contributed by atoms with Gasteiger partial charge in [-0.1, -0.05) is 49.4 Å². The van der Waals surface area contributed by atoms with Crippen molar-refractivity contribution in [2.75, 3.05) is 0 Å². The fourth-order valence-corrected chi connectivity index (χ4v) is 2.08. The third-order valence-electron chi connectivity index (χ3n) is 3.02. The van der Waals surface area contributed by atoms with E-state index in [9.17, 15) is 0 Å². The molecule has 1 aromatic carbocycles. The molecule has 96 valence electrons. The first-order valence-electron chi connectivity index (χ1n) is 6.10. The molecule has 1 aliphatic rings. The quantitative estimate of drug-likeness (QED) is 0.604. The summed E-state index contributed by atoms with van der Waals surface area (Å²) in [6.45, 7) is 6.78. The van der Waals surface area contributed by atoms with Crippen molar-refractivity contribution in [1.29, 1.82) is 0 Å². The average Bonchev–Trinajstić information content (AvgIpc) is 2.43. The van der Waals surface area contributed by atoms with Gasteiger partial charge in [0.05, 0.1) is 5.70 Å². The standard InChI is InChI=1S/C16H15ClN2/c1-4-13-6-8-14(9-7-13)10-19-11-16(17)18-15(5-2)12(19)3/h2,6-9,11H,3-4,10H2,1H3. The molecule has 0 aliphatic carbocycles. The minimum Gasteiger partial charge on any atom is -0.339 e. The van der Waals surface area contributed by atoms with Crippen molar-refractivity contribution < 1.29 is 0 Å². The zero-order chi connectivity index (χ0) is 13.8. The second-order valence-corrected chi connectivity index (χ2v) is 4.69. The van der Waals surface area contributed by atoms with Crippen molar-refractivity contribution in [2.24, 2.45) is 4.99 Å². The van der Waals surface area contributed by atoms with E-state index in [4.69, 9.17) is 18.0 Å². The van der Waals surface area contributed by atoms with Crippen molar-refractivity contribution >= 4 is 17.3 Å². The molecule has 2 nitrogen and oxygen atoms in total. The van der Waals surface area contributed by atoms with Crippen LogP contribution in [0.3, 0.4) is 0 Å². The van der Waals surface area contributed by atoms with Crippen LogP contribution in [0.25, 0.3) is 0 Å². The van der Waals surface area contributed by atoms with Gasteiger partial charge in [0.15, 0.2) is 0 Å². The lowest BCUT2D eigenvalue weighted by Crippen LogP contribution is -2.24. The molecule has 1 heterocycles. The molecule has 0 unspecified atom stereocenters. The van der Waals surface area contributed by atoms with Crippen molar-refractivity contribution in [3.8, 4) is 12.3 Å². The van der Waals surface area contributed by atoms with Gasteiger partial charge in [0.1, 0.15) is 10.9 Å². The molecule has 0 fully saturated rings. The molecular formula is C16H15ClN2. The molecule has 0 aromatic heterocycles. The van der Waals surface area contributed by atoms with Crippen LogP contribution in [0, 0.1) is 12.3 Å². The van der Waals surface area contributed by atoms with Gasteiger partial charge >= 0.3 is 0 Å². The summed E-state index contributed by atoms with van der Waals surface area (Å²) < 4.78 is 0. The van der Waals surface area contributed by atoms with Crippen LogP contribution < -0.4 is 0 Å². The van der Waals surface area contributed by atoms with Crippen molar-refractivity contribution in [3.05, 3.63) is 59.0 Å². The van der Waals surface area contributed by atoms with E-state index in [-0.39, 0.29) is 0 Å². The maximum Gasteiger partial charge on any atom is 0.146 e. The van der Waals surface area contributed by atoms with Gasteiger partial charge in [0.2, 0.25) is 0 Å². The molecular weight excluding hydrogens is 256 g/mol. The predicted octanol–water partition coefficient (Wildman–Crippen LogP) is 3.69. The molecule has 0 spiro atoms. The number of hydrogen-bond donors (Lipinski definition) is 0. The number of aryl methyl sites for hydroxylation is 1. The Bertz CT molecular complexity index is 588. The zero-order valence-electron chi connectivity index (χ0n) is 10.9. The van der Waals surface area contributed by atoms with Gasteiger partial charge in [0.25, 0.3) is 0 Å². The fourth-order valence-electron chi connectivity index (χ4n) is 1.88. The summed E-state index contributed by atoms with van der Waals surface area (Å²) in [5, 5.41) is 0.380. The minimum atomic E-state index is 0.380. The van der Waals surface area contributed by atoms with E-state index in [1.54, 1.807) is 6.20 Å². The summed E-state index contributed by atoms with van der Waals surface area (Å²) in [6, 6.07) is 8.47. The molecule has 0 saturated carbocycles. The third kappa shape index (κ3) is 3.07. The van der Waals surface area contributed by atoms with Gasteiger partial charge in [0, 0.05) is 12.7 Å². The maximum atomic E-state index is 5.96. The van der Waals surface area contributed by atoms with Crippen LogP contribution in [0.4, 0.5) is 0 Å². The number of benzene rings is 1. The third-order valence-corrected chi connectivity index (χ3v) is 3.20. The Morgan fingerprint density at radius 2 is 1.95 bits per heavy atom. The Labute approximate surface area is 119 Å².